The Morgan fingerprint density at radius 3 is 2.33 bits per heavy atom. The molecule has 6 heteroatoms. The van der Waals surface area contributed by atoms with Gasteiger partial charge in [0.15, 0.2) is 9.84 Å². The number of hydrogen-bond donors (Lipinski definition) is 2. The zero-order valence-electron chi connectivity index (χ0n) is 9.67. The number of benzene rings is 1. The first-order valence-corrected chi connectivity index (χ1v) is 7.37. The summed E-state index contributed by atoms with van der Waals surface area (Å²) in [4.78, 5) is 11.4. The summed E-state index contributed by atoms with van der Waals surface area (Å²) in [5.74, 6) is -1.35. The third-order valence-electron chi connectivity index (χ3n) is 3.32. The van der Waals surface area contributed by atoms with Crippen LogP contribution in [0.15, 0.2) is 24.3 Å². The molecular weight excluding hydrogens is 256 g/mol. The second kappa shape index (κ2) is 4.28. The third kappa shape index (κ3) is 2.48. The summed E-state index contributed by atoms with van der Waals surface area (Å²) >= 11 is 0. The Bertz CT molecular complexity index is 561. The lowest BCUT2D eigenvalue weighted by Gasteiger charge is -2.22. The van der Waals surface area contributed by atoms with Gasteiger partial charge < -0.3 is 10.2 Å². The molecule has 0 radical (unpaired) electrons. The first-order chi connectivity index (χ1) is 8.33. The lowest BCUT2D eigenvalue weighted by atomic mass is 9.81. The van der Waals surface area contributed by atoms with Gasteiger partial charge in [-0.1, -0.05) is 12.1 Å². The molecule has 2 rings (SSSR count). The number of phenolic OH excluding ortho intramolecular Hbond substituents is 1. The molecule has 0 amide bonds. The summed E-state index contributed by atoms with van der Waals surface area (Å²) in [7, 11) is -3.26. The highest BCUT2D eigenvalue weighted by molar-refractivity contribution is 7.91. The molecule has 2 N–H and O–H groups in total. The largest absolute Gasteiger partial charge is 0.508 e. The fourth-order valence-electron chi connectivity index (χ4n) is 2.30. The topological polar surface area (TPSA) is 91.7 Å². The number of carboxylic acids is 1. The number of sulfone groups is 1. The number of rotatable bonds is 3. The second-order valence-electron chi connectivity index (χ2n) is 4.77. The Kier molecular flexibility index (Phi) is 3.06. The predicted octanol–water partition coefficient (Wildman–Crippen LogP) is 0.824. The molecule has 1 aromatic rings. The van der Waals surface area contributed by atoms with Crippen molar-refractivity contribution in [1.29, 1.82) is 0 Å². The minimum absolute atomic E-state index is 0.0720. The van der Waals surface area contributed by atoms with Crippen molar-refractivity contribution >= 4 is 15.8 Å². The van der Waals surface area contributed by atoms with Crippen molar-refractivity contribution in [2.24, 2.45) is 5.41 Å². The lowest BCUT2D eigenvalue weighted by Crippen LogP contribution is -2.34. The number of hydrogen-bond acceptors (Lipinski definition) is 4. The molecule has 0 bridgehead atoms. The van der Waals surface area contributed by atoms with Gasteiger partial charge in [-0.05, 0) is 30.5 Å². The molecule has 1 aliphatic rings. The Balaban J connectivity index is 2.28. The van der Waals surface area contributed by atoms with Crippen LogP contribution in [0.25, 0.3) is 0 Å². The van der Waals surface area contributed by atoms with Crippen LogP contribution in [-0.4, -0.2) is 36.1 Å². The van der Waals surface area contributed by atoms with Gasteiger partial charge in [0.05, 0.1) is 16.9 Å². The van der Waals surface area contributed by atoms with Gasteiger partial charge in [0.2, 0.25) is 0 Å². The quantitative estimate of drug-likeness (QED) is 0.848. The standard InChI is InChI=1S/C12H14O5S/c13-10-3-1-9(2-4-10)7-12(11(14)15)5-6-18(16,17)8-12/h1-4,13H,5-8H2,(H,14,15). The van der Waals surface area contributed by atoms with E-state index in [2.05, 4.69) is 0 Å². The van der Waals surface area contributed by atoms with Gasteiger partial charge in [0.1, 0.15) is 5.75 Å². The molecule has 1 heterocycles. The van der Waals surface area contributed by atoms with Crippen molar-refractivity contribution in [2.75, 3.05) is 11.5 Å². The molecule has 0 saturated carbocycles. The van der Waals surface area contributed by atoms with Crippen LogP contribution < -0.4 is 0 Å². The highest BCUT2D eigenvalue weighted by Gasteiger charge is 2.48. The van der Waals surface area contributed by atoms with Gasteiger partial charge in [-0.15, -0.1) is 0 Å². The van der Waals surface area contributed by atoms with Crippen molar-refractivity contribution in [3.8, 4) is 5.75 Å². The average Bonchev–Trinajstić information content (AvgIpc) is 2.59. The molecular formula is C12H14O5S. The van der Waals surface area contributed by atoms with Crippen molar-refractivity contribution in [1.82, 2.24) is 0 Å². The molecule has 0 aromatic heterocycles. The predicted molar refractivity (Wildman–Crippen MR) is 65.2 cm³/mol. The van der Waals surface area contributed by atoms with Crippen molar-refractivity contribution in [3.63, 3.8) is 0 Å². The molecule has 1 fully saturated rings. The monoisotopic (exact) mass is 270 g/mol. The number of aromatic hydroxyl groups is 1. The summed E-state index contributed by atoms with van der Waals surface area (Å²) in [6, 6.07) is 6.17. The van der Waals surface area contributed by atoms with Crippen molar-refractivity contribution in [3.05, 3.63) is 29.8 Å². The van der Waals surface area contributed by atoms with Gasteiger partial charge in [-0.25, -0.2) is 8.42 Å². The number of carboxylic acid groups (broad SMARTS) is 1. The molecule has 0 spiro atoms. The van der Waals surface area contributed by atoms with E-state index < -0.39 is 21.2 Å². The van der Waals surface area contributed by atoms with Gasteiger partial charge in [0, 0.05) is 0 Å². The molecule has 0 aliphatic carbocycles. The molecule has 1 aliphatic heterocycles. The van der Waals surface area contributed by atoms with E-state index in [-0.39, 0.29) is 30.1 Å². The van der Waals surface area contributed by atoms with Crippen LogP contribution >= 0.6 is 0 Å². The summed E-state index contributed by atoms with van der Waals surface area (Å²) < 4.78 is 23.0. The average molecular weight is 270 g/mol. The summed E-state index contributed by atoms with van der Waals surface area (Å²) in [6.07, 6.45) is 0.313. The molecule has 1 unspecified atom stereocenters. The van der Waals surface area contributed by atoms with E-state index in [9.17, 15) is 18.3 Å². The summed E-state index contributed by atoms with van der Waals surface area (Å²) in [6.45, 7) is 0. The molecule has 1 saturated heterocycles. The SMILES string of the molecule is O=C(O)C1(Cc2ccc(O)cc2)CCS(=O)(=O)C1. The normalized spacial score (nSPS) is 26.0. The van der Waals surface area contributed by atoms with Crippen LogP contribution in [0, 0.1) is 5.41 Å². The van der Waals surface area contributed by atoms with Crippen LogP contribution in [0.3, 0.4) is 0 Å². The third-order valence-corrected chi connectivity index (χ3v) is 5.14. The molecule has 5 nitrogen and oxygen atoms in total. The van der Waals surface area contributed by atoms with E-state index in [1.54, 1.807) is 12.1 Å². The summed E-state index contributed by atoms with van der Waals surface area (Å²) in [5, 5.41) is 18.5. The minimum atomic E-state index is -3.26. The van der Waals surface area contributed by atoms with E-state index in [0.717, 1.165) is 0 Å². The number of carbonyl (C=O) groups is 1. The van der Waals surface area contributed by atoms with Crippen LogP contribution in [0.1, 0.15) is 12.0 Å². The Morgan fingerprint density at radius 1 is 1.28 bits per heavy atom. The van der Waals surface area contributed by atoms with E-state index in [0.29, 0.717) is 5.56 Å². The van der Waals surface area contributed by atoms with E-state index in [4.69, 9.17) is 5.11 Å². The van der Waals surface area contributed by atoms with E-state index >= 15 is 0 Å². The maximum Gasteiger partial charge on any atom is 0.311 e. The van der Waals surface area contributed by atoms with Crippen LogP contribution in [0.2, 0.25) is 0 Å². The lowest BCUT2D eigenvalue weighted by molar-refractivity contribution is -0.147. The molecule has 18 heavy (non-hydrogen) atoms. The fraction of sp³-hybridized carbons (Fsp3) is 0.417. The van der Waals surface area contributed by atoms with Crippen LogP contribution in [-0.2, 0) is 21.1 Å². The first-order valence-electron chi connectivity index (χ1n) is 5.55. The smallest absolute Gasteiger partial charge is 0.311 e. The second-order valence-corrected chi connectivity index (χ2v) is 6.95. The van der Waals surface area contributed by atoms with Gasteiger partial charge in [0.25, 0.3) is 0 Å². The molecule has 1 aromatic carbocycles. The number of phenols is 1. The van der Waals surface area contributed by atoms with Crippen molar-refractivity contribution < 1.29 is 23.4 Å². The van der Waals surface area contributed by atoms with Crippen LogP contribution in [0.4, 0.5) is 0 Å². The fourth-order valence-corrected chi connectivity index (χ4v) is 4.36. The Hall–Kier alpha value is -1.56. The zero-order valence-corrected chi connectivity index (χ0v) is 10.5. The Morgan fingerprint density at radius 2 is 1.89 bits per heavy atom. The van der Waals surface area contributed by atoms with Crippen molar-refractivity contribution in [2.45, 2.75) is 12.8 Å². The highest BCUT2D eigenvalue weighted by atomic mass is 32.2. The molecule has 98 valence electrons. The zero-order chi connectivity index (χ0) is 13.4. The van der Waals surface area contributed by atoms with Gasteiger partial charge in [-0.2, -0.15) is 0 Å². The highest BCUT2D eigenvalue weighted by Crippen LogP contribution is 2.36. The first kappa shape index (κ1) is 12.9. The Labute approximate surface area is 105 Å². The maximum absolute atomic E-state index is 11.5. The van der Waals surface area contributed by atoms with E-state index in [1.807, 2.05) is 0 Å². The van der Waals surface area contributed by atoms with Crippen LogP contribution in [0.5, 0.6) is 5.75 Å². The number of aliphatic carboxylic acids is 1. The summed E-state index contributed by atoms with van der Waals surface area (Å²) in [5.41, 5.74) is -0.511. The maximum atomic E-state index is 11.5. The van der Waals surface area contributed by atoms with E-state index in [1.165, 1.54) is 12.1 Å². The van der Waals surface area contributed by atoms with Gasteiger partial charge >= 0.3 is 5.97 Å². The minimum Gasteiger partial charge on any atom is -0.508 e. The molecule has 1 atom stereocenters. The van der Waals surface area contributed by atoms with Gasteiger partial charge in [-0.3, -0.25) is 4.79 Å².